The van der Waals surface area contributed by atoms with Gasteiger partial charge >= 0.3 is 0 Å². The van der Waals surface area contributed by atoms with Crippen LogP contribution in [-0.4, -0.2) is 36.0 Å². The minimum absolute atomic E-state index is 0.0958. The number of carbonyl (C=O) groups excluding carboxylic acids is 1. The molecule has 0 aromatic heterocycles. The molecular formula is C26H35N3O. The normalized spacial score (nSPS) is 25.1. The lowest BCUT2D eigenvalue weighted by Gasteiger charge is -2.40. The molecule has 2 N–H and O–H groups in total. The first kappa shape index (κ1) is 20.9. The van der Waals surface area contributed by atoms with E-state index in [1.807, 2.05) is 17.0 Å². The van der Waals surface area contributed by atoms with Gasteiger partial charge in [0.2, 0.25) is 0 Å². The van der Waals surface area contributed by atoms with E-state index >= 15 is 0 Å². The van der Waals surface area contributed by atoms with Crippen LogP contribution in [0.2, 0.25) is 0 Å². The van der Waals surface area contributed by atoms with Crippen LogP contribution in [0.4, 0.5) is 5.69 Å². The molecule has 2 aromatic carbocycles. The van der Waals surface area contributed by atoms with Crippen LogP contribution >= 0.6 is 0 Å². The molecule has 0 saturated carbocycles. The number of nitrogens with one attached hydrogen (secondary N) is 2. The lowest BCUT2D eigenvalue weighted by molar-refractivity contribution is 0.0755. The molecule has 160 valence electrons. The Morgan fingerprint density at radius 2 is 1.77 bits per heavy atom. The predicted molar refractivity (Wildman–Crippen MR) is 124 cm³/mol. The number of amides is 1. The summed E-state index contributed by atoms with van der Waals surface area (Å²) in [6.07, 6.45) is 6.67. The second kappa shape index (κ2) is 9.22. The predicted octanol–water partition coefficient (Wildman–Crippen LogP) is 5.17. The van der Waals surface area contributed by atoms with E-state index in [-0.39, 0.29) is 11.4 Å². The third-order valence-electron chi connectivity index (χ3n) is 6.67. The second-order valence-corrected chi connectivity index (χ2v) is 8.98. The van der Waals surface area contributed by atoms with Gasteiger partial charge in [-0.1, -0.05) is 44.2 Å². The van der Waals surface area contributed by atoms with Crippen molar-refractivity contribution in [3.05, 3.63) is 65.7 Å². The molecule has 4 rings (SSSR count). The number of carbonyl (C=O) groups is 1. The highest BCUT2D eigenvalue weighted by Gasteiger charge is 2.46. The van der Waals surface area contributed by atoms with Crippen molar-refractivity contribution in [3.8, 4) is 0 Å². The van der Waals surface area contributed by atoms with E-state index in [2.05, 4.69) is 66.9 Å². The number of fused-ring (bicyclic) bond motifs is 2. The molecule has 2 saturated heterocycles. The van der Waals surface area contributed by atoms with Gasteiger partial charge in [0.15, 0.2) is 0 Å². The molecule has 2 aliphatic rings. The van der Waals surface area contributed by atoms with Crippen molar-refractivity contribution in [2.75, 3.05) is 18.4 Å². The minimum Gasteiger partial charge on any atom is -0.382 e. The van der Waals surface area contributed by atoms with Crippen LogP contribution in [0.5, 0.6) is 0 Å². The molecule has 2 aromatic rings. The molecule has 0 aliphatic carbocycles. The molecular weight excluding hydrogens is 370 g/mol. The molecule has 1 amide bonds. The Bertz CT molecular complexity index is 829. The van der Waals surface area contributed by atoms with Gasteiger partial charge in [0, 0.05) is 42.0 Å². The quantitative estimate of drug-likeness (QED) is 0.637. The van der Waals surface area contributed by atoms with E-state index in [1.165, 1.54) is 18.4 Å². The molecule has 3 atom stereocenters. The number of hydrogen-bond acceptors (Lipinski definition) is 3. The van der Waals surface area contributed by atoms with Crippen molar-refractivity contribution in [1.82, 2.24) is 10.2 Å². The van der Waals surface area contributed by atoms with E-state index < -0.39 is 0 Å². The largest absolute Gasteiger partial charge is 0.382 e. The molecule has 2 aliphatic heterocycles. The third-order valence-corrected chi connectivity index (χ3v) is 6.67. The van der Waals surface area contributed by atoms with Crippen molar-refractivity contribution in [2.24, 2.45) is 0 Å². The van der Waals surface area contributed by atoms with Crippen LogP contribution in [0.3, 0.4) is 0 Å². The maximum atomic E-state index is 12.8. The molecule has 0 radical (unpaired) electrons. The molecule has 0 spiro atoms. The summed E-state index contributed by atoms with van der Waals surface area (Å²) in [7, 11) is 0. The molecule has 30 heavy (non-hydrogen) atoms. The zero-order valence-corrected chi connectivity index (χ0v) is 18.4. The minimum atomic E-state index is 0.0958. The van der Waals surface area contributed by atoms with Gasteiger partial charge in [-0.3, -0.25) is 4.79 Å². The Balaban J connectivity index is 1.43. The summed E-state index contributed by atoms with van der Waals surface area (Å²) in [5.74, 6) is 0.146. The van der Waals surface area contributed by atoms with Gasteiger partial charge in [0.05, 0.1) is 0 Å². The first-order valence-electron chi connectivity index (χ1n) is 11.6. The lowest BCUT2D eigenvalue weighted by Crippen LogP contribution is -2.50. The summed E-state index contributed by atoms with van der Waals surface area (Å²) in [5, 5.41) is 7.66. The standard InChI is InChI=1S/C26H35N3O/c1-3-16-29(17-4-2)25(30)20-10-12-22(13-11-20)27-24-18-23-14-15-26(19-24,28-23)21-8-6-5-7-9-21/h5-13,23-24,27-28H,3-4,14-19H2,1-2H3. The molecule has 4 nitrogen and oxygen atoms in total. The third kappa shape index (κ3) is 4.39. The van der Waals surface area contributed by atoms with Crippen molar-refractivity contribution >= 4 is 11.6 Å². The van der Waals surface area contributed by atoms with Crippen LogP contribution in [0.15, 0.2) is 54.6 Å². The first-order valence-corrected chi connectivity index (χ1v) is 11.6. The lowest BCUT2D eigenvalue weighted by atomic mass is 9.81. The van der Waals surface area contributed by atoms with Gasteiger partial charge in [-0.05, 0) is 68.4 Å². The number of rotatable bonds is 8. The van der Waals surface area contributed by atoms with Gasteiger partial charge in [0.25, 0.3) is 5.91 Å². The van der Waals surface area contributed by atoms with E-state index in [0.29, 0.717) is 12.1 Å². The van der Waals surface area contributed by atoms with Crippen molar-refractivity contribution in [3.63, 3.8) is 0 Å². The molecule has 3 unspecified atom stereocenters. The van der Waals surface area contributed by atoms with E-state index in [4.69, 9.17) is 0 Å². The number of anilines is 1. The first-order chi connectivity index (χ1) is 14.6. The van der Waals surface area contributed by atoms with E-state index in [0.717, 1.165) is 50.0 Å². The fourth-order valence-electron chi connectivity index (χ4n) is 5.34. The Morgan fingerprint density at radius 3 is 2.43 bits per heavy atom. The molecule has 2 bridgehead atoms. The van der Waals surface area contributed by atoms with Crippen LogP contribution < -0.4 is 10.6 Å². The van der Waals surface area contributed by atoms with Gasteiger partial charge < -0.3 is 15.5 Å². The fraction of sp³-hybridized carbons (Fsp3) is 0.500. The molecule has 4 heteroatoms. The van der Waals surface area contributed by atoms with Crippen LogP contribution in [0.25, 0.3) is 0 Å². The summed E-state index contributed by atoms with van der Waals surface area (Å²) < 4.78 is 0. The number of hydrogen-bond donors (Lipinski definition) is 2. The SMILES string of the molecule is CCCN(CCC)C(=O)c1ccc(NC2CC3CCC(c4ccccc4)(C2)N3)cc1. The number of piperidine rings is 1. The van der Waals surface area contributed by atoms with Gasteiger partial charge in [-0.2, -0.15) is 0 Å². The zero-order chi connectivity index (χ0) is 21.0. The second-order valence-electron chi connectivity index (χ2n) is 8.98. The topological polar surface area (TPSA) is 44.4 Å². The maximum Gasteiger partial charge on any atom is 0.253 e. The summed E-state index contributed by atoms with van der Waals surface area (Å²) in [6, 6.07) is 20.0. The summed E-state index contributed by atoms with van der Waals surface area (Å²) in [4.78, 5) is 14.8. The van der Waals surface area contributed by atoms with Crippen LogP contribution in [0, 0.1) is 0 Å². The Kier molecular flexibility index (Phi) is 6.43. The van der Waals surface area contributed by atoms with E-state index in [9.17, 15) is 4.79 Å². The van der Waals surface area contributed by atoms with Crippen molar-refractivity contribution in [2.45, 2.75) is 70.0 Å². The maximum absolute atomic E-state index is 12.8. The van der Waals surface area contributed by atoms with Gasteiger partial charge in [0.1, 0.15) is 0 Å². The zero-order valence-electron chi connectivity index (χ0n) is 18.4. The summed E-state index contributed by atoms with van der Waals surface area (Å²) >= 11 is 0. The smallest absolute Gasteiger partial charge is 0.253 e. The monoisotopic (exact) mass is 405 g/mol. The highest BCUT2D eigenvalue weighted by atomic mass is 16.2. The number of nitrogens with zero attached hydrogens (tertiary/aromatic N) is 1. The fourth-order valence-corrected chi connectivity index (χ4v) is 5.34. The highest BCUT2D eigenvalue weighted by molar-refractivity contribution is 5.94. The summed E-state index contributed by atoms with van der Waals surface area (Å²) in [5.41, 5.74) is 3.40. The van der Waals surface area contributed by atoms with Crippen molar-refractivity contribution in [1.29, 1.82) is 0 Å². The Morgan fingerprint density at radius 1 is 1.07 bits per heavy atom. The average Bonchev–Trinajstić information content (AvgIpc) is 3.09. The van der Waals surface area contributed by atoms with Crippen LogP contribution in [0.1, 0.15) is 68.3 Å². The van der Waals surface area contributed by atoms with E-state index in [1.54, 1.807) is 0 Å². The van der Waals surface area contributed by atoms with Crippen molar-refractivity contribution < 1.29 is 4.79 Å². The Labute approximate surface area is 181 Å². The molecule has 2 fully saturated rings. The molecule has 2 heterocycles. The average molecular weight is 406 g/mol. The van der Waals surface area contributed by atoms with Gasteiger partial charge in [-0.25, -0.2) is 0 Å². The van der Waals surface area contributed by atoms with Gasteiger partial charge in [-0.15, -0.1) is 0 Å². The Hall–Kier alpha value is -2.33. The number of benzene rings is 2. The highest BCUT2D eigenvalue weighted by Crippen LogP contribution is 2.43. The summed E-state index contributed by atoms with van der Waals surface area (Å²) in [6.45, 7) is 5.89. The van der Waals surface area contributed by atoms with Crippen LogP contribution in [-0.2, 0) is 5.54 Å².